The number of β-amino-alcohol motifs (C(OH)–C–C–N with tert-alkyl or cyclic N) is 1. The van der Waals surface area contributed by atoms with Gasteiger partial charge >= 0.3 is 12.1 Å². The number of aliphatic hydroxyl groups excluding tert-OH is 1. The van der Waals surface area contributed by atoms with Crippen LogP contribution in [-0.2, 0) is 4.79 Å². The molecule has 0 saturated carbocycles. The Morgan fingerprint density at radius 2 is 2.00 bits per heavy atom. The second kappa shape index (κ2) is 7.38. The quantitative estimate of drug-likeness (QED) is 0.701. The molecule has 5 amide bonds. The zero-order valence-electron chi connectivity index (χ0n) is 13.9. The molecule has 2 aliphatic rings. The number of nitrogens with zero attached hydrogens (tertiary/aromatic N) is 3. The number of halogens is 1. The van der Waals surface area contributed by atoms with Crippen molar-refractivity contribution in [2.24, 2.45) is 5.73 Å². The molecule has 10 heteroatoms. The fourth-order valence-corrected chi connectivity index (χ4v) is 3.13. The Morgan fingerprint density at radius 3 is 2.65 bits per heavy atom. The number of nitrogens with two attached hydrogens (primary N) is 1. The molecule has 0 aromatic heterocycles. The number of primary amides is 1. The van der Waals surface area contributed by atoms with Crippen molar-refractivity contribution in [2.45, 2.75) is 12.1 Å². The molecule has 2 fully saturated rings. The van der Waals surface area contributed by atoms with Gasteiger partial charge in [0.15, 0.2) is 0 Å². The summed E-state index contributed by atoms with van der Waals surface area (Å²) in [5, 5.41) is 10.7. The third kappa shape index (κ3) is 3.68. The maximum atomic E-state index is 12.5. The number of piperazine rings is 1. The van der Waals surface area contributed by atoms with Gasteiger partial charge in [0.25, 0.3) is 5.91 Å². The van der Waals surface area contributed by atoms with Crippen LogP contribution in [-0.4, -0.2) is 82.7 Å². The fourth-order valence-electron chi connectivity index (χ4n) is 3.01. The second-order valence-corrected chi connectivity index (χ2v) is 6.58. The van der Waals surface area contributed by atoms with Crippen LogP contribution < -0.4 is 10.5 Å². The highest BCUT2D eigenvalue weighted by Crippen LogP contribution is 2.22. The minimum atomic E-state index is -1.05. The van der Waals surface area contributed by atoms with Gasteiger partial charge in [-0.2, -0.15) is 0 Å². The van der Waals surface area contributed by atoms with Crippen molar-refractivity contribution in [1.82, 2.24) is 14.7 Å². The largest absolute Gasteiger partial charge is 0.491 e. The number of imide groups is 1. The summed E-state index contributed by atoms with van der Waals surface area (Å²) in [6.45, 7) is 0.298. The smallest absolute Gasteiger partial charge is 0.327 e. The monoisotopic (exact) mass is 382 g/mol. The van der Waals surface area contributed by atoms with Crippen molar-refractivity contribution in [2.75, 3.05) is 32.8 Å². The van der Waals surface area contributed by atoms with E-state index in [1.54, 1.807) is 24.3 Å². The van der Waals surface area contributed by atoms with Crippen LogP contribution in [0.3, 0.4) is 0 Å². The predicted molar refractivity (Wildman–Crippen MR) is 91.7 cm³/mol. The summed E-state index contributed by atoms with van der Waals surface area (Å²) in [4.78, 5) is 39.9. The number of hydrogen-bond donors (Lipinski definition) is 2. The molecule has 26 heavy (non-hydrogen) atoms. The molecular formula is C16H19ClN4O5. The number of carbonyl (C=O) groups excluding carboxylic acids is 3. The molecule has 3 rings (SSSR count). The first-order valence-electron chi connectivity index (χ1n) is 8.09. The highest BCUT2D eigenvalue weighted by atomic mass is 35.5. The molecule has 0 spiro atoms. The van der Waals surface area contributed by atoms with E-state index in [0.29, 0.717) is 10.8 Å². The maximum Gasteiger partial charge on any atom is 0.327 e. The minimum Gasteiger partial charge on any atom is -0.491 e. The molecule has 140 valence electrons. The van der Waals surface area contributed by atoms with Crippen LogP contribution in [0.25, 0.3) is 0 Å². The van der Waals surface area contributed by atoms with Crippen LogP contribution in [0, 0.1) is 0 Å². The first kappa shape index (κ1) is 18.3. The van der Waals surface area contributed by atoms with E-state index < -0.39 is 30.1 Å². The summed E-state index contributed by atoms with van der Waals surface area (Å²) < 4.78 is 5.43. The number of urea groups is 2. The van der Waals surface area contributed by atoms with E-state index in [2.05, 4.69) is 0 Å². The zero-order chi connectivity index (χ0) is 18.8. The van der Waals surface area contributed by atoms with Crippen LogP contribution in [0.4, 0.5) is 9.59 Å². The molecule has 0 radical (unpaired) electrons. The number of ether oxygens (including phenoxy) is 1. The van der Waals surface area contributed by atoms with Crippen LogP contribution in [0.5, 0.6) is 5.75 Å². The van der Waals surface area contributed by atoms with Crippen molar-refractivity contribution in [3.63, 3.8) is 0 Å². The highest BCUT2D eigenvalue weighted by molar-refractivity contribution is 6.30. The van der Waals surface area contributed by atoms with Gasteiger partial charge in [0.2, 0.25) is 0 Å². The van der Waals surface area contributed by atoms with Crippen molar-refractivity contribution < 1.29 is 24.2 Å². The van der Waals surface area contributed by atoms with E-state index >= 15 is 0 Å². The highest BCUT2D eigenvalue weighted by Gasteiger charge is 2.48. The molecule has 1 aromatic carbocycles. The standard InChI is InChI=1S/C16H19ClN4O5/c17-10-1-3-12(4-2-10)26-9-11(22)7-21-14(23)13-8-19(15(18)24)5-6-20(13)16(21)25/h1-4,11,13,22H,5-9H2,(H2,18,24)/t11-,13-/m1/s1. The van der Waals surface area contributed by atoms with Gasteiger partial charge in [0, 0.05) is 18.1 Å². The molecule has 0 unspecified atom stereocenters. The van der Waals surface area contributed by atoms with Gasteiger partial charge in [0.05, 0.1) is 13.1 Å². The summed E-state index contributed by atoms with van der Waals surface area (Å²) in [5.74, 6) is 0.0635. The van der Waals surface area contributed by atoms with Crippen molar-refractivity contribution >= 4 is 29.6 Å². The Kier molecular flexibility index (Phi) is 5.19. The molecule has 0 bridgehead atoms. The lowest BCUT2D eigenvalue weighted by atomic mass is 10.2. The molecule has 2 aliphatic heterocycles. The average molecular weight is 383 g/mol. The normalized spacial score (nSPS) is 21.0. The number of hydrogen-bond acceptors (Lipinski definition) is 5. The summed E-state index contributed by atoms with van der Waals surface area (Å²) in [6, 6.07) is 4.75. The van der Waals surface area contributed by atoms with Crippen molar-refractivity contribution in [1.29, 1.82) is 0 Å². The summed E-state index contributed by atoms with van der Waals surface area (Å²) in [6.07, 6.45) is -1.05. The SMILES string of the molecule is NC(=O)N1CCN2C(=O)N(C[C@@H](O)COc3ccc(Cl)cc3)C(=O)[C@H]2C1. The zero-order valence-corrected chi connectivity index (χ0v) is 14.6. The molecular weight excluding hydrogens is 364 g/mol. The first-order valence-corrected chi connectivity index (χ1v) is 8.47. The van der Waals surface area contributed by atoms with E-state index in [0.717, 1.165) is 4.90 Å². The van der Waals surface area contributed by atoms with E-state index in [1.165, 1.54) is 9.80 Å². The van der Waals surface area contributed by atoms with Gasteiger partial charge in [-0.05, 0) is 24.3 Å². The lowest BCUT2D eigenvalue weighted by Gasteiger charge is -2.34. The number of amides is 5. The Morgan fingerprint density at radius 1 is 1.31 bits per heavy atom. The lowest BCUT2D eigenvalue weighted by molar-refractivity contribution is -0.130. The van der Waals surface area contributed by atoms with Gasteiger partial charge in [-0.25, -0.2) is 9.59 Å². The van der Waals surface area contributed by atoms with Crippen LogP contribution >= 0.6 is 11.6 Å². The maximum absolute atomic E-state index is 12.5. The molecule has 1 aromatic rings. The van der Waals surface area contributed by atoms with Gasteiger partial charge in [-0.3, -0.25) is 9.69 Å². The molecule has 2 heterocycles. The third-order valence-electron chi connectivity index (χ3n) is 4.37. The number of fused-ring (bicyclic) bond motifs is 1. The third-order valence-corrected chi connectivity index (χ3v) is 4.62. The van der Waals surface area contributed by atoms with Crippen LogP contribution in [0.15, 0.2) is 24.3 Å². The number of aliphatic hydroxyl groups is 1. The van der Waals surface area contributed by atoms with Crippen LogP contribution in [0.1, 0.15) is 0 Å². The lowest BCUT2D eigenvalue weighted by Crippen LogP contribution is -2.55. The second-order valence-electron chi connectivity index (χ2n) is 6.14. The average Bonchev–Trinajstić information content (AvgIpc) is 2.85. The molecule has 2 atom stereocenters. The van der Waals surface area contributed by atoms with E-state index in [-0.39, 0.29) is 32.8 Å². The fraction of sp³-hybridized carbons (Fsp3) is 0.438. The van der Waals surface area contributed by atoms with Gasteiger partial charge in [-0.15, -0.1) is 0 Å². The first-order chi connectivity index (χ1) is 12.4. The summed E-state index contributed by atoms with van der Waals surface area (Å²) in [5.41, 5.74) is 5.24. The van der Waals surface area contributed by atoms with Gasteiger partial charge < -0.3 is 25.4 Å². The summed E-state index contributed by atoms with van der Waals surface area (Å²) >= 11 is 5.79. The van der Waals surface area contributed by atoms with E-state index in [1.807, 2.05) is 0 Å². The molecule has 2 saturated heterocycles. The number of benzene rings is 1. The van der Waals surface area contributed by atoms with Crippen LogP contribution in [0.2, 0.25) is 5.02 Å². The van der Waals surface area contributed by atoms with Crippen molar-refractivity contribution in [3.8, 4) is 5.75 Å². The van der Waals surface area contributed by atoms with Gasteiger partial charge in [-0.1, -0.05) is 11.6 Å². The summed E-state index contributed by atoms with van der Waals surface area (Å²) in [7, 11) is 0. The van der Waals surface area contributed by atoms with E-state index in [9.17, 15) is 19.5 Å². The Labute approximate surface area is 154 Å². The minimum absolute atomic E-state index is 0.0633. The number of carbonyl (C=O) groups is 3. The Hall–Kier alpha value is -2.52. The molecule has 0 aliphatic carbocycles. The Balaban J connectivity index is 1.57. The van der Waals surface area contributed by atoms with Crippen molar-refractivity contribution in [3.05, 3.63) is 29.3 Å². The Bertz CT molecular complexity index is 713. The van der Waals surface area contributed by atoms with Gasteiger partial charge in [0.1, 0.15) is 24.5 Å². The topological polar surface area (TPSA) is 116 Å². The van der Waals surface area contributed by atoms with E-state index in [4.69, 9.17) is 22.1 Å². The predicted octanol–water partition coefficient (Wildman–Crippen LogP) is 0.107. The number of rotatable bonds is 5. The molecule has 3 N–H and O–H groups in total. The molecule has 9 nitrogen and oxygen atoms in total.